The van der Waals surface area contributed by atoms with Crippen molar-refractivity contribution in [3.05, 3.63) is 60.7 Å². The predicted octanol–water partition coefficient (Wildman–Crippen LogP) is 3.87. The van der Waals surface area contributed by atoms with Crippen LogP contribution in [0.25, 0.3) is 0 Å². The Morgan fingerprint density at radius 1 is 0.750 bits per heavy atom. The molecular formula is C14H14O3P2S. The van der Waals surface area contributed by atoms with Crippen LogP contribution in [0.4, 0.5) is 0 Å². The lowest BCUT2D eigenvalue weighted by Gasteiger charge is -2.30. The summed E-state index contributed by atoms with van der Waals surface area (Å²) in [7, 11) is -6.11. The molecule has 0 bridgehead atoms. The van der Waals surface area contributed by atoms with Gasteiger partial charge in [0.05, 0.1) is 11.0 Å². The van der Waals surface area contributed by atoms with Gasteiger partial charge < -0.3 is 0 Å². The molecule has 0 radical (unpaired) electrons. The molecule has 1 heterocycles. The molecule has 1 aliphatic rings. The summed E-state index contributed by atoms with van der Waals surface area (Å²) in [5, 5.41) is 1.28. The van der Waals surface area contributed by atoms with E-state index in [1.165, 1.54) is 11.8 Å². The molecule has 0 aromatic heterocycles. The third-order valence-corrected chi connectivity index (χ3v) is 11.5. The zero-order valence-electron chi connectivity index (χ0n) is 10.7. The Bertz CT molecular complexity index is 629. The average Bonchev–Trinajstić information content (AvgIpc) is 2.49. The fourth-order valence-electron chi connectivity index (χ4n) is 2.09. The van der Waals surface area contributed by atoms with E-state index in [-0.39, 0.29) is 0 Å². The van der Waals surface area contributed by atoms with Crippen LogP contribution in [0.15, 0.2) is 60.7 Å². The van der Waals surface area contributed by atoms with E-state index in [2.05, 4.69) is 0 Å². The van der Waals surface area contributed by atoms with Gasteiger partial charge in [0, 0.05) is 10.6 Å². The Balaban J connectivity index is 1.99. The highest BCUT2D eigenvalue weighted by molar-refractivity contribution is 8.13. The molecule has 1 saturated heterocycles. The molecule has 0 saturated carbocycles. The summed E-state index contributed by atoms with van der Waals surface area (Å²) < 4.78 is 31.7. The second-order valence-corrected chi connectivity index (χ2v) is 11.4. The molecule has 0 spiro atoms. The molecule has 2 aromatic carbocycles. The van der Waals surface area contributed by atoms with Crippen LogP contribution in [0.5, 0.6) is 0 Å². The van der Waals surface area contributed by atoms with Crippen LogP contribution in [-0.2, 0) is 13.4 Å². The Labute approximate surface area is 122 Å². The summed E-state index contributed by atoms with van der Waals surface area (Å²) in [4.78, 5) is 0. The third-order valence-electron chi connectivity index (χ3n) is 3.09. The number of hydrogen-bond donors (Lipinski definition) is 0. The molecule has 0 amide bonds. The van der Waals surface area contributed by atoms with E-state index in [4.69, 9.17) is 4.31 Å². The van der Waals surface area contributed by atoms with Gasteiger partial charge in [-0.05, 0) is 24.3 Å². The van der Waals surface area contributed by atoms with Crippen LogP contribution in [0.2, 0.25) is 0 Å². The molecule has 3 rings (SSSR count). The first-order chi connectivity index (χ1) is 9.62. The van der Waals surface area contributed by atoms with E-state index in [0.717, 1.165) is 0 Å². The van der Waals surface area contributed by atoms with Gasteiger partial charge in [0.25, 0.3) is 0 Å². The fourth-order valence-corrected chi connectivity index (χ4v) is 11.2. The molecule has 2 aromatic rings. The predicted molar refractivity (Wildman–Crippen MR) is 85.8 cm³/mol. The van der Waals surface area contributed by atoms with Crippen molar-refractivity contribution < 1.29 is 13.4 Å². The zero-order valence-corrected chi connectivity index (χ0v) is 13.3. The summed E-state index contributed by atoms with van der Waals surface area (Å²) in [5.41, 5.74) is 0.766. The lowest BCUT2D eigenvalue weighted by atomic mass is 10.4. The van der Waals surface area contributed by atoms with Gasteiger partial charge in [-0.15, -0.1) is 11.8 Å². The molecule has 6 heteroatoms. The van der Waals surface area contributed by atoms with Gasteiger partial charge in [0.1, 0.15) is 0 Å². The highest BCUT2D eigenvalue weighted by Crippen LogP contribution is 2.69. The SMILES string of the molecule is O=[P@]1(c2ccccc2)CSC[P@](=O)(c2ccccc2)O1. The van der Waals surface area contributed by atoms with Gasteiger partial charge in [-0.2, -0.15) is 0 Å². The van der Waals surface area contributed by atoms with Gasteiger partial charge in [-0.1, -0.05) is 36.4 Å². The number of rotatable bonds is 2. The summed E-state index contributed by atoms with van der Waals surface area (Å²) in [6.45, 7) is 0. The lowest BCUT2D eigenvalue weighted by molar-refractivity contribution is 0.476. The molecule has 2 atom stereocenters. The standard InChI is InChI=1S/C14H14O3P2S/c15-18(13-7-3-1-4-8-13)11-20-12-19(16,17-18)14-9-5-2-6-10-14/h1-10H,11-12H2/t18-,19-/m1/s1. The van der Waals surface area contributed by atoms with E-state index in [1.54, 1.807) is 24.3 Å². The molecule has 1 fully saturated rings. The van der Waals surface area contributed by atoms with Crippen molar-refractivity contribution in [2.75, 3.05) is 11.0 Å². The smallest absolute Gasteiger partial charge is 0.247 e. The van der Waals surface area contributed by atoms with Crippen molar-refractivity contribution in [2.45, 2.75) is 0 Å². The van der Waals surface area contributed by atoms with E-state index in [1.807, 2.05) is 36.4 Å². The average molecular weight is 324 g/mol. The molecule has 1 aliphatic heterocycles. The molecule has 0 unspecified atom stereocenters. The molecule has 0 aliphatic carbocycles. The Kier molecular flexibility index (Phi) is 3.92. The van der Waals surface area contributed by atoms with Crippen LogP contribution in [-0.4, -0.2) is 11.0 Å². The molecular weight excluding hydrogens is 310 g/mol. The monoisotopic (exact) mass is 324 g/mol. The van der Waals surface area contributed by atoms with Crippen molar-refractivity contribution in [3.63, 3.8) is 0 Å². The van der Waals surface area contributed by atoms with E-state index in [9.17, 15) is 9.13 Å². The summed E-state index contributed by atoms with van der Waals surface area (Å²) in [6.07, 6.45) is 0. The van der Waals surface area contributed by atoms with Crippen molar-refractivity contribution in [2.24, 2.45) is 0 Å². The minimum Gasteiger partial charge on any atom is -0.286 e. The first-order valence-electron chi connectivity index (χ1n) is 6.21. The minimum atomic E-state index is -3.05. The van der Waals surface area contributed by atoms with Crippen molar-refractivity contribution in [1.82, 2.24) is 0 Å². The van der Waals surface area contributed by atoms with Gasteiger partial charge in [-0.25, -0.2) is 0 Å². The maximum Gasteiger partial charge on any atom is 0.247 e. The largest absolute Gasteiger partial charge is 0.286 e. The normalized spacial score (nSPS) is 30.0. The van der Waals surface area contributed by atoms with Crippen LogP contribution >= 0.6 is 26.5 Å². The highest BCUT2D eigenvalue weighted by Gasteiger charge is 2.41. The van der Waals surface area contributed by atoms with Gasteiger partial charge in [0.2, 0.25) is 14.7 Å². The van der Waals surface area contributed by atoms with Crippen molar-refractivity contribution >= 4 is 37.1 Å². The maximum atomic E-state index is 13.0. The Morgan fingerprint density at radius 3 is 1.55 bits per heavy atom. The van der Waals surface area contributed by atoms with E-state index >= 15 is 0 Å². The maximum absolute atomic E-state index is 13.0. The van der Waals surface area contributed by atoms with Gasteiger partial charge >= 0.3 is 0 Å². The van der Waals surface area contributed by atoms with E-state index in [0.29, 0.717) is 21.6 Å². The quantitative estimate of drug-likeness (QED) is 0.787. The van der Waals surface area contributed by atoms with Crippen LogP contribution < -0.4 is 10.6 Å². The minimum absolute atomic E-state index is 0.383. The number of hydrogen-bond acceptors (Lipinski definition) is 4. The second-order valence-electron chi connectivity index (χ2n) is 4.56. The topological polar surface area (TPSA) is 43.4 Å². The van der Waals surface area contributed by atoms with Crippen molar-refractivity contribution in [3.8, 4) is 0 Å². The van der Waals surface area contributed by atoms with E-state index < -0.39 is 14.7 Å². The third kappa shape index (κ3) is 2.66. The lowest BCUT2D eigenvalue weighted by Crippen LogP contribution is -2.17. The summed E-state index contributed by atoms with van der Waals surface area (Å²) in [6, 6.07) is 18.1. The zero-order chi connectivity index (χ0) is 14.1. The first-order valence-corrected chi connectivity index (χ1v) is 11.0. The van der Waals surface area contributed by atoms with Crippen LogP contribution in [0, 0.1) is 0 Å². The number of benzene rings is 2. The number of thioether (sulfide) groups is 1. The molecule has 104 valence electrons. The Hall–Kier alpha value is -0.790. The summed E-state index contributed by atoms with van der Waals surface area (Å²) >= 11 is 1.45. The van der Waals surface area contributed by atoms with Gasteiger partial charge in [0.15, 0.2) is 0 Å². The van der Waals surface area contributed by atoms with Crippen LogP contribution in [0.1, 0.15) is 0 Å². The Morgan fingerprint density at radius 2 is 1.15 bits per heavy atom. The molecule has 3 nitrogen and oxygen atoms in total. The summed E-state index contributed by atoms with van der Waals surface area (Å²) in [5.74, 6) is 0. The van der Waals surface area contributed by atoms with Crippen LogP contribution in [0.3, 0.4) is 0 Å². The van der Waals surface area contributed by atoms with Crippen molar-refractivity contribution in [1.29, 1.82) is 0 Å². The van der Waals surface area contributed by atoms with Gasteiger partial charge in [-0.3, -0.25) is 13.4 Å². The fraction of sp³-hybridized carbons (Fsp3) is 0.143. The highest BCUT2D eigenvalue weighted by atomic mass is 32.2. The molecule has 0 N–H and O–H groups in total. The molecule has 20 heavy (non-hydrogen) atoms. The first kappa shape index (κ1) is 14.2. The second kappa shape index (κ2) is 5.54.